The van der Waals surface area contributed by atoms with Crippen molar-refractivity contribution in [1.29, 1.82) is 0 Å². The Balaban J connectivity index is 2.36. The molecule has 0 aliphatic rings. The Bertz CT molecular complexity index is 622. The standard InChI is InChI=1S/C14H16Cl2FN3O/c1-8-6-20(9(2)7-21-3)14(18-8)19-13-11(15)4-10(17)5-12(13)16/h4-6,9H,7H2,1-3H3,(H,18,19). The third-order valence-corrected chi connectivity index (χ3v) is 3.58. The number of hydrogen-bond donors (Lipinski definition) is 1. The molecule has 0 saturated carbocycles. The summed E-state index contributed by atoms with van der Waals surface area (Å²) < 4.78 is 20.3. The predicted molar refractivity (Wildman–Crippen MR) is 83.3 cm³/mol. The number of methoxy groups -OCH3 is 1. The smallest absolute Gasteiger partial charge is 0.207 e. The number of halogens is 3. The molecular formula is C14H16Cl2FN3O. The number of nitrogens with one attached hydrogen (secondary N) is 1. The molecule has 0 aliphatic carbocycles. The van der Waals surface area contributed by atoms with E-state index in [2.05, 4.69) is 10.3 Å². The van der Waals surface area contributed by atoms with Crippen LogP contribution in [0.1, 0.15) is 18.7 Å². The molecule has 114 valence electrons. The van der Waals surface area contributed by atoms with Gasteiger partial charge in [-0.25, -0.2) is 9.37 Å². The van der Waals surface area contributed by atoms with Crippen LogP contribution in [0, 0.1) is 12.7 Å². The van der Waals surface area contributed by atoms with Crippen molar-refractivity contribution in [2.24, 2.45) is 0 Å². The van der Waals surface area contributed by atoms with Crippen LogP contribution < -0.4 is 5.32 Å². The van der Waals surface area contributed by atoms with E-state index in [0.717, 1.165) is 5.69 Å². The maximum absolute atomic E-state index is 13.2. The Kier molecular flexibility index (Phi) is 5.08. The molecule has 21 heavy (non-hydrogen) atoms. The van der Waals surface area contributed by atoms with E-state index in [1.165, 1.54) is 12.1 Å². The summed E-state index contributed by atoms with van der Waals surface area (Å²) in [6.07, 6.45) is 1.90. The first-order chi connectivity index (χ1) is 9.92. The maximum atomic E-state index is 13.2. The highest BCUT2D eigenvalue weighted by molar-refractivity contribution is 6.39. The lowest BCUT2D eigenvalue weighted by atomic mass is 10.3. The van der Waals surface area contributed by atoms with Crippen molar-refractivity contribution in [3.05, 3.63) is 39.9 Å². The number of nitrogens with zero attached hydrogens (tertiary/aromatic N) is 2. The van der Waals surface area contributed by atoms with Crippen molar-refractivity contribution in [3.63, 3.8) is 0 Å². The topological polar surface area (TPSA) is 39.1 Å². The van der Waals surface area contributed by atoms with Gasteiger partial charge in [-0.15, -0.1) is 0 Å². The van der Waals surface area contributed by atoms with E-state index in [1.807, 2.05) is 24.6 Å². The number of anilines is 2. The average Bonchev–Trinajstić information content (AvgIpc) is 2.75. The zero-order chi connectivity index (χ0) is 15.6. The normalized spacial score (nSPS) is 12.5. The van der Waals surface area contributed by atoms with Crippen LogP contribution in [0.5, 0.6) is 0 Å². The van der Waals surface area contributed by atoms with Crippen LogP contribution in [0.2, 0.25) is 10.0 Å². The van der Waals surface area contributed by atoms with Crippen molar-refractivity contribution in [2.75, 3.05) is 19.0 Å². The molecule has 1 unspecified atom stereocenters. The molecule has 0 fully saturated rings. The summed E-state index contributed by atoms with van der Waals surface area (Å²) in [4.78, 5) is 4.40. The summed E-state index contributed by atoms with van der Waals surface area (Å²) in [5.74, 6) is 0.0929. The lowest BCUT2D eigenvalue weighted by molar-refractivity contribution is 0.163. The molecule has 0 amide bonds. The quantitative estimate of drug-likeness (QED) is 0.870. The lowest BCUT2D eigenvalue weighted by Crippen LogP contribution is -2.13. The van der Waals surface area contributed by atoms with Crippen LogP contribution in [0.15, 0.2) is 18.3 Å². The molecule has 1 atom stereocenters. The zero-order valence-electron chi connectivity index (χ0n) is 12.0. The minimum absolute atomic E-state index is 0.0803. The van der Waals surface area contributed by atoms with Crippen molar-refractivity contribution in [2.45, 2.75) is 19.9 Å². The number of benzene rings is 1. The second kappa shape index (κ2) is 6.64. The highest BCUT2D eigenvalue weighted by Gasteiger charge is 2.15. The van der Waals surface area contributed by atoms with E-state index < -0.39 is 5.82 Å². The van der Waals surface area contributed by atoms with Gasteiger partial charge < -0.3 is 14.6 Å². The first-order valence-electron chi connectivity index (χ1n) is 6.38. The lowest BCUT2D eigenvalue weighted by Gasteiger charge is -2.17. The molecule has 0 spiro atoms. The summed E-state index contributed by atoms with van der Waals surface area (Å²) in [6.45, 7) is 4.42. The Morgan fingerprint density at radius 2 is 2.00 bits per heavy atom. The summed E-state index contributed by atoms with van der Waals surface area (Å²) >= 11 is 12.1. The van der Waals surface area contributed by atoms with Gasteiger partial charge in [0.25, 0.3) is 0 Å². The largest absolute Gasteiger partial charge is 0.383 e. The van der Waals surface area contributed by atoms with E-state index in [4.69, 9.17) is 27.9 Å². The van der Waals surface area contributed by atoms with Crippen LogP contribution in [-0.2, 0) is 4.74 Å². The van der Waals surface area contributed by atoms with Crippen molar-refractivity contribution in [1.82, 2.24) is 9.55 Å². The summed E-state index contributed by atoms with van der Waals surface area (Å²) in [6, 6.07) is 2.49. The van der Waals surface area contributed by atoms with Crippen molar-refractivity contribution in [3.8, 4) is 0 Å². The number of rotatable bonds is 5. The Morgan fingerprint density at radius 1 is 1.38 bits per heavy atom. The van der Waals surface area contributed by atoms with Crippen LogP contribution in [0.4, 0.5) is 16.0 Å². The Morgan fingerprint density at radius 3 is 2.57 bits per heavy atom. The SMILES string of the molecule is COCC(C)n1cc(C)nc1Nc1c(Cl)cc(F)cc1Cl. The number of hydrogen-bond acceptors (Lipinski definition) is 3. The fourth-order valence-electron chi connectivity index (χ4n) is 2.04. The minimum atomic E-state index is -0.483. The summed E-state index contributed by atoms with van der Waals surface area (Å²) in [5, 5.41) is 3.46. The maximum Gasteiger partial charge on any atom is 0.207 e. The number of imidazole rings is 1. The van der Waals surface area contributed by atoms with Crippen molar-refractivity contribution < 1.29 is 9.13 Å². The molecule has 7 heteroatoms. The van der Waals surface area contributed by atoms with Gasteiger partial charge in [0.2, 0.25) is 5.95 Å². The highest BCUT2D eigenvalue weighted by Crippen LogP contribution is 2.34. The van der Waals surface area contributed by atoms with Crippen LogP contribution in [0.25, 0.3) is 0 Å². The van der Waals surface area contributed by atoms with Gasteiger partial charge in [0.1, 0.15) is 5.82 Å². The molecule has 1 N–H and O–H groups in total. The van der Waals surface area contributed by atoms with Gasteiger partial charge in [-0.3, -0.25) is 0 Å². The molecule has 0 aliphatic heterocycles. The Labute approximate surface area is 132 Å². The number of ether oxygens (including phenoxy) is 1. The summed E-state index contributed by atoms with van der Waals surface area (Å²) in [5.41, 5.74) is 1.27. The van der Waals surface area contributed by atoms with Gasteiger partial charge in [-0.1, -0.05) is 23.2 Å². The van der Waals surface area contributed by atoms with E-state index in [1.54, 1.807) is 7.11 Å². The molecule has 2 aromatic rings. The van der Waals surface area contributed by atoms with Gasteiger partial charge in [0.15, 0.2) is 0 Å². The van der Waals surface area contributed by atoms with Crippen molar-refractivity contribution >= 4 is 34.8 Å². The molecule has 0 saturated heterocycles. The first-order valence-corrected chi connectivity index (χ1v) is 7.14. The molecular weight excluding hydrogens is 316 g/mol. The van der Waals surface area contributed by atoms with E-state index in [9.17, 15) is 4.39 Å². The molecule has 1 heterocycles. The number of aromatic nitrogens is 2. The molecule has 1 aromatic carbocycles. The van der Waals surface area contributed by atoms with E-state index in [-0.39, 0.29) is 16.1 Å². The van der Waals surface area contributed by atoms with Crippen LogP contribution in [0.3, 0.4) is 0 Å². The van der Waals surface area contributed by atoms with E-state index in [0.29, 0.717) is 18.2 Å². The van der Waals surface area contributed by atoms with E-state index >= 15 is 0 Å². The highest BCUT2D eigenvalue weighted by atomic mass is 35.5. The average molecular weight is 332 g/mol. The van der Waals surface area contributed by atoms with Gasteiger partial charge in [-0.2, -0.15) is 0 Å². The monoisotopic (exact) mass is 331 g/mol. The molecule has 1 aromatic heterocycles. The molecule has 0 radical (unpaired) electrons. The zero-order valence-corrected chi connectivity index (χ0v) is 13.5. The third-order valence-electron chi connectivity index (χ3n) is 2.98. The second-order valence-electron chi connectivity index (χ2n) is 4.79. The van der Waals surface area contributed by atoms with Crippen LogP contribution in [-0.4, -0.2) is 23.3 Å². The Hall–Kier alpha value is -1.30. The molecule has 0 bridgehead atoms. The molecule has 4 nitrogen and oxygen atoms in total. The minimum Gasteiger partial charge on any atom is -0.383 e. The molecule has 2 rings (SSSR count). The number of aryl methyl sites for hydroxylation is 1. The predicted octanol–water partition coefficient (Wildman–Crippen LogP) is 4.59. The first kappa shape index (κ1) is 16.1. The fourth-order valence-corrected chi connectivity index (χ4v) is 2.59. The second-order valence-corrected chi connectivity index (χ2v) is 5.60. The fraction of sp³-hybridized carbons (Fsp3) is 0.357. The third kappa shape index (κ3) is 3.67. The van der Waals surface area contributed by atoms with Crippen LogP contribution >= 0.6 is 23.2 Å². The van der Waals surface area contributed by atoms with Gasteiger partial charge in [0, 0.05) is 13.3 Å². The summed E-state index contributed by atoms with van der Waals surface area (Å²) in [7, 11) is 1.64. The van der Waals surface area contributed by atoms with Gasteiger partial charge >= 0.3 is 0 Å². The van der Waals surface area contributed by atoms with Gasteiger partial charge in [-0.05, 0) is 26.0 Å². The van der Waals surface area contributed by atoms with Gasteiger partial charge in [0.05, 0.1) is 34.1 Å².